The third-order valence-electron chi connectivity index (χ3n) is 5.72. The molecule has 1 saturated heterocycles. The number of hydrogen-bond donors (Lipinski definition) is 1. The van der Waals surface area contributed by atoms with Gasteiger partial charge in [0.15, 0.2) is 5.16 Å². The van der Waals surface area contributed by atoms with E-state index in [2.05, 4.69) is 15.5 Å². The maximum atomic E-state index is 13.1. The van der Waals surface area contributed by atoms with Gasteiger partial charge in [-0.05, 0) is 61.4 Å². The summed E-state index contributed by atoms with van der Waals surface area (Å²) in [7, 11) is 0. The number of benzene rings is 1. The number of anilines is 1. The second-order valence-electron chi connectivity index (χ2n) is 7.94. The van der Waals surface area contributed by atoms with Crippen LogP contribution in [-0.4, -0.2) is 43.5 Å². The highest BCUT2D eigenvalue weighted by Gasteiger charge is 2.23. The molecule has 1 aliphatic heterocycles. The summed E-state index contributed by atoms with van der Waals surface area (Å²) in [6.07, 6.45) is 1.93. The van der Waals surface area contributed by atoms with Gasteiger partial charge in [-0.2, -0.15) is 0 Å². The summed E-state index contributed by atoms with van der Waals surface area (Å²) < 4.78 is 9.92. The van der Waals surface area contributed by atoms with Crippen LogP contribution in [0, 0.1) is 13.8 Å². The van der Waals surface area contributed by atoms with E-state index in [4.69, 9.17) is 4.74 Å². The number of rotatable bonds is 6. The van der Waals surface area contributed by atoms with Crippen molar-refractivity contribution >= 4 is 50.7 Å². The molecule has 1 aliphatic rings. The summed E-state index contributed by atoms with van der Waals surface area (Å²) >= 11 is 2.70. The Bertz CT molecular complexity index is 1370. The van der Waals surface area contributed by atoms with E-state index in [-0.39, 0.29) is 23.3 Å². The summed E-state index contributed by atoms with van der Waals surface area (Å²) in [6, 6.07) is 7.75. The van der Waals surface area contributed by atoms with Crippen LogP contribution in [0.5, 0.6) is 0 Å². The molecule has 3 aromatic heterocycles. The topological polar surface area (TPSA) is 90.5 Å². The van der Waals surface area contributed by atoms with Crippen LogP contribution in [-0.2, 0) is 16.1 Å². The molecule has 10 heteroatoms. The van der Waals surface area contributed by atoms with Crippen molar-refractivity contribution in [1.82, 2.24) is 19.2 Å². The molecule has 0 radical (unpaired) electrons. The zero-order chi connectivity index (χ0) is 22.2. The van der Waals surface area contributed by atoms with Gasteiger partial charge in [-0.15, -0.1) is 21.5 Å². The fraction of sp³-hybridized carbons (Fsp3) is 0.364. The maximum Gasteiger partial charge on any atom is 0.272 e. The fourth-order valence-electron chi connectivity index (χ4n) is 3.90. The summed E-state index contributed by atoms with van der Waals surface area (Å²) in [5.41, 5.74) is 3.77. The Morgan fingerprint density at radius 3 is 2.94 bits per heavy atom. The van der Waals surface area contributed by atoms with Crippen LogP contribution in [0.25, 0.3) is 16.0 Å². The standard InChI is InChI=1S/C22H23N5O3S2/c1-13-5-6-15(10-14(13)2)23-18(28)12-32-22-25-24-21-26(11-16-4-3-8-30-16)20(29)19-17(27(21)22)7-9-31-19/h5-7,9-10,16H,3-4,8,11-12H2,1-2H3,(H,23,28). The van der Waals surface area contributed by atoms with E-state index in [1.165, 1.54) is 28.7 Å². The molecule has 1 aromatic carbocycles. The SMILES string of the molecule is Cc1ccc(NC(=O)CSc2nnc3n(CC4CCCO4)c(=O)c4sccc4n23)cc1C. The molecule has 0 aliphatic carbocycles. The molecule has 0 spiro atoms. The van der Waals surface area contributed by atoms with Crippen LogP contribution < -0.4 is 10.9 Å². The monoisotopic (exact) mass is 469 g/mol. The number of nitrogens with one attached hydrogen (secondary N) is 1. The van der Waals surface area contributed by atoms with Crippen molar-refractivity contribution < 1.29 is 9.53 Å². The molecule has 0 saturated carbocycles. The number of carbonyl (C=O) groups is 1. The predicted octanol–water partition coefficient (Wildman–Crippen LogP) is 3.63. The highest BCUT2D eigenvalue weighted by molar-refractivity contribution is 7.99. The molecule has 1 N–H and O–H groups in total. The van der Waals surface area contributed by atoms with Crippen LogP contribution >= 0.6 is 23.1 Å². The smallest absolute Gasteiger partial charge is 0.272 e. The minimum atomic E-state index is -0.121. The first-order valence-corrected chi connectivity index (χ1v) is 12.3. The number of ether oxygens (including phenoxy) is 1. The van der Waals surface area contributed by atoms with Crippen LogP contribution in [0.15, 0.2) is 39.6 Å². The lowest BCUT2D eigenvalue weighted by Gasteiger charge is -2.13. The lowest BCUT2D eigenvalue weighted by Crippen LogP contribution is -2.28. The second kappa shape index (κ2) is 8.68. The van der Waals surface area contributed by atoms with Crippen molar-refractivity contribution in [1.29, 1.82) is 0 Å². The molecule has 5 rings (SSSR count). The summed E-state index contributed by atoms with van der Waals surface area (Å²) in [5, 5.41) is 14.0. The van der Waals surface area contributed by atoms with Gasteiger partial charge in [0.05, 0.1) is 23.9 Å². The van der Waals surface area contributed by atoms with E-state index < -0.39 is 0 Å². The minimum Gasteiger partial charge on any atom is -0.376 e. The predicted molar refractivity (Wildman–Crippen MR) is 127 cm³/mol. The Balaban J connectivity index is 1.42. The van der Waals surface area contributed by atoms with Crippen LogP contribution in [0.1, 0.15) is 24.0 Å². The van der Waals surface area contributed by atoms with E-state index in [0.717, 1.165) is 36.2 Å². The number of hydrogen-bond acceptors (Lipinski definition) is 7. The van der Waals surface area contributed by atoms with Crippen LogP contribution in [0.4, 0.5) is 5.69 Å². The van der Waals surface area contributed by atoms with Gasteiger partial charge in [0.25, 0.3) is 5.56 Å². The normalized spacial score (nSPS) is 16.2. The number of nitrogens with zero attached hydrogens (tertiary/aromatic N) is 4. The Labute approximate surface area is 192 Å². The van der Waals surface area contributed by atoms with Gasteiger partial charge < -0.3 is 10.1 Å². The van der Waals surface area contributed by atoms with E-state index in [0.29, 0.717) is 22.2 Å². The fourth-order valence-corrected chi connectivity index (χ4v) is 5.46. The average Bonchev–Trinajstić information content (AvgIpc) is 3.52. The molecule has 1 amide bonds. The number of fused-ring (bicyclic) bond motifs is 3. The van der Waals surface area contributed by atoms with E-state index in [1.54, 1.807) is 4.57 Å². The Morgan fingerprint density at radius 2 is 2.16 bits per heavy atom. The number of carbonyl (C=O) groups excluding carboxylic acids is 1. The summed E-state index contributed by atoms with van der Waals surface area (Å²) in [4.78, 5) is 25.6. The van der Waals surface area contributed by atoms with Crippen LogP contribution in [0.2, 0.25) is 0 Å². The first kappa shape index (κ1) is 21.2. The molecule has 1 fully saturated rings. The first-order valence-electron chi connectivity index (χ1n) is 10.5. The zero-order valence-electron chi connectivity index (χ0n) is 17.8. The van der Waals surface area contributed by atoms with E-state index >= 15 is 0 Å². The first-order chi connectivity index (χ1) is 15.5. The van der Waals surface area contributed by atoms with Gasteiger partial charge in [-0.1, -0.05) is 17.8 Å². The van der Waals surface area contributed by atoms with Gasteiger partial charge in [-0.25, -0.2) is 0 Å². The second-order valence-corrected chi connectivity index (χ2v) is 9.80. The molecule has 4 heterocycles. The van der Waals surface area contributed by atoms with Crippen molar-refractivity contribution in [3.8, 4) is 0 Å². The molecular weight excluding hydrogens is 446 g/mol. The molecule has 0 bridgehead atoms. The van der Waals surface area contributed by atoms with Gasteiger partial charge in [0.1, 0.15) is 4.70 Å². The van der Waals surface area contributed by atoms with Gasteiger partial charge in [0, 0.05) is 12.3 Å². The Morgan fingerprint density at radius 1 is 1.28 bits per heavy atom. The highest BCUT2D eigenvalue weighted by atomic mass is 32.2. The molecule has 4 aromatic rings. The maximum absolute atomic E-state index is 13.1. The van der Waals surface area contributed by atoms with E-state index in [1.807, 2.05) is 47.9 Å². The lowest BCUT2D eigenvalue weighted by atomic mass is 10.1. The van der Waals surface area contributed by atoms with Gasteiger partial charge in [-0.3, -0.25) is 18.6 Å². The Hall–Kier alpha value is -2.69. The van der Waals surface area contributed by atoms with Gasteiger partial charge >= 0.3 is 0 Å². The molecular formula is C22H23N5O3S2. The molecule has 1 unspecified atom stereocenters. The quantitative estimate of drug-likeness (QED) is 0.434. The lowest BCUT2D eigenvalue weighted by molar-refractivity contribution is -0.113. The van der Waals surface area contributed by atoms with Crippen molar-refractivity contribution in [2.75, 3.05) is 17.7 Å². The highest BCUT2D eigenvalue weighted by Crippen LogP contribution is 2.25. The van der Waals surface area contributed by atoms with Crippen molar-refractivity contribution in [3.05, 3.63) is 51.1 Å². The Kier molecular flexibility index (Phi) is 5.75. The third-order valence-corrected chi connectivity index (χ3v) is 7.54. The van der Waals surface area contributed by atoms with E-state index in [9.17, 15) is 9.59 Å². The number of aryl methyl sites for hydroxylation is 2. The van der Waals surface area contributed by atoms with Gasteiger partial charge in [0.2, 0.25) is 11.7 Å². The number of thiophene rings is 1. The van der Waals surface area contributed by atoms with Crippen molar-refractivity contribution in [3.63, 3.8) is 0 Å². The number of aromatic nitrogens is 4. The zero-order valence-corrected chi connectivity index (χ0v) is 19.5. The molecule has 166 valence electrons. The third kappa shape index (κ3) is 3.94. The summed E-state index contributed by atoms with van der Waals surface area (Å²) in [6.45, 7) is 5.23. The molecule has 1 atom stereocenters. The summed E-state index contributed by atoms with van der Waals surface area (Å²) in [5.74, 6) is 0.544. The number of amides is 1. The van der Waals surface area contributed by atoms with Crippen LogP contribution in [0.3, 0.4) is 0 Å². The average molecular weight is 470 g/mol. The van der Waals surface area contributed by atoms with Crippen molar-refractivity contribution in [2.24, 2.45) is 0 Å². The minimum absolute atomic E-state index is 0.00505. The largest absolute Gasteiger partial charge is 0.376 e. The molecule has 8 nitrogen and oxygen atoms in total. The van der Waals surface area contributed by atoms with Crippen molar-refractivity contribution in [2.45, 2.75) is 44.5 Å². The molecule has 32 heavy (non-hydrogen) atoms. The number of thioether (sulfide) groups is 1.